The predicted octanol–water partition coefficient (Wildman–Crippen LogP) is 4.25. The maximum absolute atomic E-state index is 13.2. The van der Waals surface area contributed by atoms with E-state index in [1.807, 2.05) is 20.0 Å². The summed E-state index contributed by atoms with van der Waals surface area (Å²) >= 11 is 0. The van der Waals surface area contributed by atoms with Gasteiger partial charge < -0.3 is 5.32 Å². The van der Waals surface area contributed by atoms with Gasteiger partial charge in [0.1, 0.15) is 5.82 Å². The lowest BCUT2D eigenvalue weighted by atomic mass is 9.94. The zero-order chi connectivity index (χ0) is 14.7. The third-order valence-corrected chi connectivity index (χ3v) is 3.68. The molecule has 0 saturated heterocycles. The summed E-state index contributed by atoms with van der Waals surface area (Å²) in [6.07, 6.45) is 0.908. The lowest BCUT2D eigenvalue weighted by Gasteiger charge is -2.19. The number of benzene rings is 2. The van der Waals surface area contributed by atoms with Crippen molar-refractivity contribution < 1.29 is 4.39 Å². The average Bonchev–Trinajstić information content (AvgIpc) is 2.35. The second-order valence-corrected chi connectivity index (χ2v) is 5.54. The van der Waals surface area contributed by atoms with Gasteiger partial charge in [0.15, 0.2) is 0 Å². The van der Waals surface area contributed by atoms with Crippen molar-refractivity contribution in [2.45, 2.75) is 33.2 Å². The fourth-order valence-electron chi connectivity index (χ4n) is 2.82. The Bertz CT molecular complexity index is 584. The lowest BCUT2D eigenvalue weighted by molar-refractivity contribution is 0.581. The Kier molecular flexibility index (Phi) is 4.56. The van der Waals surface area contributed by atoms with Crippen LogP contribution < -0.4 is 5.32 Å². The van der Waals surface area contributed by atoms with Gasteiger partial charge in [-0.05, 0) is 63.1 Å². The molecule has 0 saturated carbocycles. The Morgan fingerprint density at radius 2 is 1.65 bits per heavy atom. The quantitative estimate of drug-likeness (QED) is 0.876. The smallest absolute Gasteiger partial charge is 0.123 e. The van der Waals surface area contributed by atoms with Crippen LogP contribution in [0, 0.1) is 26.6 Å². The third kappa shape index (κ3) is 3.45. The van der Waals surface area contributed by atoms with Gasteiger partial charge in [0.05, 0.1) is 0 Å². The van der Waals surface area contributed by atoms with Crippen molar-refractivity contribution >= 4 is 0 Å². The maximum Gasteiger partial charge on any atom is 0.123 e. The SMILES string of the molecule is CNC(Cc1cc(C)cc(C)c1)c1ccc(F)cc1C. The lowest BCUT2D eigenvalue weighted by Crippen LogP contribution is -2.20. The summed E-state index contributed by atoms with van der Waals surface area (Å²) in [7, 11) is 1.95. The molecular formula is C18H22FN. The van der Waals surface area contributed by atoms with Crippen molar-refractivity contribution in [1.29, 1.82) is 0 Å². The van der Waals surface area contributed by atoms with Gasteiger partial charge in [-0.1, -0.05) is 35.4 Å². The first kappa shape index (κ1) is 14.7. The zero-order valence-electron chi connectivity index (χ0n) is 12.6. The third-order valence-electron chi connectivity index (χ3n) is 3.68. The molecule has 2 aromatic carbocycles. The van der Waals surface area contributed by atoms with Gasteiger partial charge in [-0.15, -0.1) is 0 Å². The second-order valence-electron chi connectivity index (χ2n) is 5.54. The van der Waals surface area contributed by atoms with Crippen LogP contribution in [0.5, 0.6) is 0 Å². The number of rotatable bonds is 4. The van der Waals surface area contributed by atoms with Gasteiger partial charge >= 0.3 is 0 Å². The summed E-state index contributed by atoms with van der Waals surface area (Å²) in [6, 6.07) is 11.8. The first-order valence-electron chi connectivity index (χ1n) is 7.00. The van der Waals surface area contributed by atoms with E-state index in [1.165, 1.54) is 22.8 Å². The molecule has 1 N–H and O–H groups in total. The van der Waals surface area contributed by atoms with Crippen molar-refractivity contribution in [2.24, 2.45) is 0 Å². The molecule has 2 aromatic rings. The molecule has 20 heavy (non-hydrogen) atoms. The standard InChI is InChI=1S/C18H22FN/c1-12-7-13(2)9-15(8-12)11-18(20-4)17-6-5-16(19)10-14(17)3/h5-10,18,20H,11H2,1-4H3. The van der Waals surface area contributed by atoms with Gasteiger partial charge in [-0.3, -0.25) is 0 Å². The molecule has 0 aliphatic heterocycles. The Labute approximate surface area is 120 Å². The normalized spacial score (nSPS) is 12.4. The summed E-state index contributed by atoms with van der Waals surface area (Å²) in [5.41, 5.74) is 6.03. The Morgan fingerprint density at radius 1 is 1.00 bits per heavy atom. The number of nitrogens with one attached hydrogen (secondary N) is 1. The number of hydrogen-bond donors (Lipinski definition) is 1. The van der Waals surface area contributed by atoms with Gasteiger partial charge in [-0.2, -0.15) is 0 Å². The number of likely N-dealkylation sites (N-methyl/N-ethyl adjacent to an activating group) is 1. The molecule has 1 nitrogen and oxygen atoms in total. The van der Waals surface area contributed by atoms with Crippen molar-refractivity contribution in [3.63, 3.8) is 0 Å². The summed E-state index contributed by atoms with van der Waals surface area (Å²) in [5.74, 6) is -0.174. The molecule has 0 heterocycles. The Hall–Kier alpha value is -1.67. The highest BCUT2D eigenvalue weighted by Crippen LogP contribution is 2.23. The Morgan fingerprint density at radius 3 is 2.20 bits per heavy atom. The minimum atomic E-state index is -0.174. The fraction of sp³-hybridized carbons (Fsp3) is 0.333. The highest BCUT2D eigenvalue weighted by atomic mass is 19.1. The monoisotopic (exact) mass is 271 g/mol. The molecule has 0 aliphatic rings. The van der Waals surface area contributed by atoms with E-state index >= 15 is 0 Å². The second kappa shape index (κ2) is 6.19. The molecule has 2 rings (SSSR count). The van der Waals surface area contributed by atoms with E-state index in [4.69, 9.17) is 0 Å². The molecule has 0 spiro atoms. The van der Waals surface area contributed by atoms with Crippen molar-refractivity contribution in [3.05, 3.63) is 70.0 Å². The minimum Gasteiger partial charge on any atom is -0.313 e. The van der Waals surface area contributed by atoms with Crippen molar-refractivity contribution in [2.75, 3.05) is 7.05 Å². The summed E-state index contributed by atoms with van der Waals surface area (Å²) in [6.45, 7) is 6.20. The Balaban J connectivity index is 2.28. The maximum atomic E-state index is 13.2. The molecule has 0 bridgehead atoms. The van der Waals surface area contributed by atoms with E-state index in [0.717, 1.165) is 17.5 Å². The molecule has 2 heteroatoms. The first-order valence-corrected chi connectivity index (χ1v) is 7.00. The molecule has 0 radical (unpaired) electrons. The van der Waals surface area contributed by atoms with E-state index < -0.39 is 0 Å². The number of halogens is 1. The molecule has 0 fully saturated rings. The van der Waals surface area contributed by atoms with Crippen molar-refractivity contribution in [1.82, 2.24) is 5.32 Å². The van der Waals surface area contributed by atoms with E-state index in [-0.39, 0.29) is 11.9 Å². The molecule has 106 valence electrons. The van der Waals surface area contributed by atoms with Gasteiger partial charge in [0, 0.05) is 6.04 Å². The van der Waals surface area contributed by atoms with Crippen LogP contribution >= 0.6 is 0 Å². The summed E-state index contributed by atoms with van der Waals surface area (Å²) in [5, 5.41) is 3.34. The van der Waals surface area contributed by atoms with Crippen LogP contribution in [0.4, 0.5) is 4.39 Å². The average molecular weight is 271 g/mol. The van der Waals surface area contributed by atoms with Crippen LogP contribution in [0.15, 0.2) is 36.4 Å². The molecule has 1 unspecified atom stereocenters. The summed E-state index contributed by atoms with van der Waals surface area (Å²) in [4.78, 5) is 0. The van der Waals surface area contributed by atoms with E-state index in [0.29, 0.717) is 0 Å². The predicted molar refractivity (Wildman–Crippen MR) is 82.6 cm³/mol. The van der Waals surface area contributed by atoms with Gasteiger partial charge in [0.25, 0.3) is 0 Å². The highest BCUT2D eigenvalue weighted by Gasteiger charge is 2.13. The van der Waals surface area contributed by atoms with Crippen LogP contribution in [0.2, 0.25) is 0 Å². The molecule has 0 amide bonds. The fourth-order valence-corrected chi connectivity index (χ4v) is 2.82. The van der Waals surface area contributed by atoms with Crippen LogP contribution in [-0.4, -0.2) is 7.05 Å². The zero-order valence-corrected chi connectivity index (χ0v) is 12.6. The highest BCUT2D eigenvalue weighted by molar-refractivity contribution is 5.33. The van der Waals surface area contributed by atoms with Crippen LogP contribution in [0.25, 0.3) is 0 Å². The van der Waals surface area contributed by atoms with Gasteiger partial charge in [-0.25, -0.2) is 4.39 Å². The molecule has 1 atom stereocenters. The van der Waals surface area contributed by atoms with Crippen LogP contribution in [-0.2, 0) is 6.42 Å². The van der Waals surface area contributed by atoms with E-state index in [2.05, 4.69) is 37.4 Å². The molecular weight excluding hydrogens is 249 g/mol. The van der Waals surface area contributed by atoms with Crippen molar-refractivity contribution in [3.8, 4) is 0 Å². The van der Waals surface area contributed by atoms with E-state index in [9.17, 15) is 4.39 Å². The first-order chi connectivity index (χ1) is 9.49. The van der Waals surface area contributed by atoms with Gasteiger partial charge in [0.2, 0.25) is 0 Å². The minimum absolute atomic E-state index is 0.174. The molecule has 0 aliphatic carbocycles. The molecule has 0 aromatic heterocycles. The number of hydrogen-bond acceptors (Lipinski definition) is 1. The topological polar surface area (TPSA) is 12.0 Å². The summed E-state index contributed by atoms with van der Waals surface area (Å²) < 4.78 is 13.2. The van der Waals surface area contributed by atoms with Crippen LogP contribution in [0.1, 0.15) is 33.9 Å². The number of aryl methyl sites for hydroxylation is 3. The van der Waals surface area contributed by atoms with Crippen LogP contribution in [0.3, 0.4) is 0 Å². The van der Waals surface area contributed by atoms with E-state index in [1.54, 1.807) is 6.07 Å². The largest absolute Gasteiger partial charge is 0.313 e.